The number of nitrogens with two attached hydrogens (primary N) is 1. The molecule has 0 aliphatic heterocycles. The standard InChI is InChI=1S/C14H20N2O/c1-3-16(4-2)10-14-12(9-15)11-7-5-6-8-13(11)17-14/h5-8H,3-4,9-10,15H2,1-2H3. The first-order valence-corrected chi connectivity index (χ1v) is 6.21. The van der Waals surface area contributed by atoms with Gasteiger partial charge in [-0.05, 0) is 19.2 Å². The van der Waals surface area contributed by atoms with Gasteiger partial charge in [-0.25, -0.2) is 0 Å². The number of furan rings is 1. The predicted octanol–water partition coefficient (Wildman–Crippen LogP) is 2.73. The first-order valence-electron chi connectivity index (χ1n) is 6.21. The third kappa shape index (κ3) is 2.35. The smallest absolute Gasteiger partial charge is 0.134 e. The largest absolute Gasteiger partial charge is 0.459 e. The maximum Gasteiger partial charge on any atom is 0.134 e. The van der Waals surface area contributed by atoms with Gasteiger partial charge < -0.3 is 10.2 Å². The van der Waals surface area contributed by atoms with Crippen LogP contribution in [0.5, 0.6) is 0 Å². The van der Waals surface area contributed by atoms with Gasteiger partial charge in [0.05, 0.1) is 6.54 Å². The molecule has 0 radical (unpaired) electrons. The van der Waals surface area contributed by atoms with Crippen LogP contribution in [0.25, 0.3) is 11.0 Å². The maximum absolute atomic E-state index is 5.90. The molecule has 0 saturated carbocycles. The molecule has 0 unspecified atom stereocenters. The molecule has 0 aliphatic rings. The van der Waals surface area contributed by atoms with Crippen LogP contribution in [0.15, 0.2) is 28.7 Å². The van der Waals surface area contributed by atoms with E-state index in [9.17, 15) is 0 Å². The highest BCUT2D eigenvalue weighted by Crippen LogP contribution is 2.26. The highest BCUT2D eigenvalue weighted by atomic mass is 16.3. The Morgan fingerprint density at radius 1 is 1.18 bits per heavy atom. The summed E-state index contributed by atoms with van der Waals surface area (Å²) in [6.45, 7) is 7.75. The van der Waals surface area contributed by atoms with Gasteiger partial charge in [-0.15, -0.1) is 0 Å². The van der Waals surface area contributed by atoms with Crippen LogP contribution in [-0.4, -0.2) is 18.0 Å². The Labute approximate surface area is 102 Å². The maximum atomic E-state index is 5.90. The van der Waals surface area contributed by atoms with Crippen LogP contribution in [0, 0.1) is 0 Å². The number of nitrogens with zero attached hydrogens (tertiary/aromatic N) is 1. The SMILES string of the molecule is CCN(CC)Cc1oc2ccccc2c1CN. The average molecular weight is 232 g/mol. The van der Waals surface area contributed by atoms with Crippen LogP contribution < -0.4 is 5.73 Å². The highest BCUT2D eigenvalue weighted by molar-refractivity contribution is 5.82. The van der Waals surface area contributed by atoms with E-state index in [1.807, 2.05) is 18.2 Å². The van der Waals surface area contributed by atoms with Gasteiger partial charge in [-0.3, -0.25) is 4.90 Å². The lowest BCUT2D eigenvalue weighted by molar-refractivity contribution is 0.271. The topological polar surface area (TPSA) is 42.4 Å². The van der Waals surface area contributed by atoms with Gasteiger partial charge in [0.1, 0.15) is 11.3 Å². The van der Waals surface area contributed by atoms with Crippen molar-refractivity contribution in [2.45, 2.75) is 26.9 Å². The molecule has 0 bridgehead atoms. The Hall–Kier alpha value is -1.32. The fourth-order valence-electron chi connectivity index (χ4n) is 2.15. The number of benzene rings is 1. The van der Waals surface area contributed by atoms with Crippen LogP contribution in [0.1, 0.15) is 25.2 Å². The van der Waals surface area contributed by atoms with Gasteiger partial charge in [0, 0.05) is 17.5 Å². The second-order valence-corrected chi connectivity index (χ2v) is 4.17. The van der Waals surface area contributed by atoms with Crippen LogP contribution >= 0.6 is 0 Å². The number of fused-ring (bicyclic) bond motifs is 1. The average Bonchev–Trinajstić information content (AvgIpc) is 2.72. The molecular formula is C14H20N2O. The number of hydrogen-bond donors (Lipinski definition) is 1. The summed E-state index contributed by atoms with van der Waals surface area (Å²) < 4.78 is 5.90. The van der Waals surface area contributed by atoms with Gasteiger partial charge in [0.2, 0.25) is 0 Å². The van der Waals surface area contributed by atoms with Gasteiger partial charge >= 0.3 is 0 Å². The number of hydrogen-bond acceptors (Lipinski definition) is 3. The minimum atomic E-state index is 0.535. The Morgan fingerprint density at radius 2 is 1.88 bits per heavy atom. The third-order valence-corrected chi connectivity index (χ3v) is 3.25. The summed E-state index contributed by atoms with van der Waals surface area (Å²) in [5, 5.41) is 1.15. The molecule has 1 heterocycles. The zero-order valence-corrected chi connectivity index (χ0v) is 10.6. The molecule has 2 rings (SSSR count). The van der Waals surface area contributed by atoms with Crippen molar-refractivity contribution >= 4 is 11.0 Å². The van der Waals surface area contributed by atoms with E-state index in [-0.39, 0.29) is 0 Å². The van der Waals surface area contributed by atoms with Crippen molar-refractivity contribution in [3.8, 4) is 0 Å². The second kappa shape index (κ2) is 5.34. The Morgan fingerprint density at radius 3 is 2.53 bits per heavy atom. The monoisotopic (exact) mass is 232 g/mol. The van der Waals surface area contributed by atoms with Crippen LogP contribution in [0.3, 0.4) is 0 Å². The summed E-state index contributed by atoms with van der Waals surface area (Å²) in [7, 11) is 0. The third-order valence-electron chi connectivity index (χ3n) is 3.25. The van der Waals surface area contributed by atoms with E-state index in [1.165, 1.54) is 0 Å². The van der Waals surface area contributed by atoms with Crippen molar-refractivity contribution in [3.63, 3.8) is 0 Å². The van der Waals surface area contributed by atoms with Crippen molar-refractivity contribution in [1.29, 1.82) is 0 Å². The lowest BCUT2D eigenvalue weighted by atomic mass is 10.1. The molecule has 0 aliphatic carbocycles. The predicted molar refractivity (Wildman–Crippen MR) is 70.7 cm³/mol. The van der Waals surface area contributed by atoms with Gasteiger partial charge in [-0.1, -0.05) is 32.0 Å². The summed E-state index contributed by atoms with van der Waals surface area (Å²) >= 11 is 0. The zero-order valence-electron chi connectivity index (χ0n) is 10.6. The van der Waals surface area contributed by atoms with E-state index >= 15 is 0 Å². The van der Waals surface area contributed by atoms with E-state index in [0.29, 0.717) is 6.54 Å². The molecule has 3 nitrogen and oxygen atoms in total. The molecule has 17 heavy (non-hydrogen) atoms. The number of rotatable bonds is 5. The zero-order chi connectivity index (χ0) is 12.3. The highest BCUT2D eigenvalue weighted by Gasteiger charge is 2.14. The van der Waals surface area contributed by atoms with Gasteiger partial charge in [0.15, 0.2) is 0 Å². The van der Waals surface area contributed by atoms with Crippen molar-refractivity contribution in [3.05, 3.63) is 35.6 Å². The molecule has 92 valence electrons. The lowest BCUT2D eigenvalue weighted by Crippen LogP contribution is -2.22. The molecule has 0 atom stereocenters. The Bertz CT molecular complexity index is 486. The van der Waals surface area contributed by atoms with E-state index in [0.717, 1.165) is 41.9 Å². The lowest BCUT2D eigenvalue weighted by Gasteiger charge is -2.16. The molecule has 3 heteroatoms. The second-order valence-electron chi connectivity index (χ2n) is 4.17. The summed E-state index contributed by atoms with van der Waals surface area (Å²) in [6, 6.07) is 8.10. The van der Waals surface area contributed by atoms with E-state index in [4.69, 9.17) is 10.2 Å². The molecule has 2 N–H and O–H groups in total. The van der Waals surface area contributed by atoms with Crippen LogP contribution in [0.4, 0.5) is 0 Å². The van der Waals surface area contributed by atoms with Crippen LogP contribution in [0.2, 0.25) is 0 Å². The minimum absolute atomic E-state index is 0.535. The van der Waals surface area contributed by atoms with Crippen molar-refractivity contribution in [2.75, 3.05) is 13.1 Å². The molecule has 0 amide bonds. The normalized spacial score (nSPS) is 11.5. The fourth-order valence-corrected chi connectivity index (χ4v) is 2.15. The summed E-state index contributed by atoms with van der Waals surface area (Å²) in [6.07, 6.45) is 0. The first kappa shape index (κ1) is 12.1. The molecule has 1 aromatic carbocycles. The molecular weight excluding hydrogens is 212 g/mol. The quantitative estimate of drug-likeness (QED) is 0.862. The van der Waals surface area contributed by atoms with Crippen molar-refractivity contribution in [1.82, 2.24) is 4.90 Å². The fraction of sp³-hybridized carbons (Fsp3) is 0.429. The summed E-state index contributed by atoms with van der Waals surface area (Å²) in [4.78, 5) is 2.33. The van der Waals surface area contributed by atoms with E-state index < -0.39 is 0 Å². The Kier molecular flexibility index (Phi) is 3.82. The van der Waals surface area contributed by atoms with E-state index in [2.05, 4.69) is 24.8 Å². The Balaban J connectivity index is 2.39. The number of para-hydroxylation sites is 1. The first-order chi connectivity index (χ1) is 8.30. The molecule has 0 saturated heterocycles. The summed E-state index contributed by atoms with van der Waals surface area (Å²) in [5.74, 6) is 1.01. The molecule has 0 spiro atoms. The van der Waals surface area contributed by atoms with Crippen molar-refractivity contribution < 1.29 is 4.42 Å². The van der Waals surface area contributed by atoms with Gasteiger partial charge in [-0.2, -0.15) is 0 Å². The van der Waals surface area contributed by atoms with Gasteiger partial charge in [0.25, 0.3) is 0 Å². The van der Waals surface area contributed by atoms with Crippen LogP contribution in [-0.2, 0) is 13.1 Å². The van der Waals surface area contributed by atoms with Crippen molar-refractivity contribution in [2.24, 2.45) is 5.73 Å². The van der Waals surface area contributed by atoms with E-state index in [1.54, 1.807) is 0 Å². The molecule has 0 fully saturated rings. The molecule has 1 aromatic heterocycles. The summed E-state index contributed by atoms with van der Waals surface area (Å²) in [5.41, 5.74) is 7.93. The molecule has 2 aromatic rings. The minimum Gasteiger partial charge on any atom is -0.459 e.